The van der Waals surface area contributed by atoms with E-state index < -0.39 is 15.5 Å². The summed E-state index contributed by atoms with van der Waals surface area (Å²) in [5.74, 6) is 0.421. The minimum Gasteiger partial charge on any atom is -0.356 e. The van der Waals surface area contributed by atoms with Crippen molar-refractivity contribution in [3.05, 3.63) is 35.6 Å². The van der Waals surface area contributed by atoms with E-state index >= 15 is 0 Å². The molecule has 1 aliphatic carbocycles. The lowest BCUT2D eigenvalue weighted by molar-refractivity contribution is -0.0496. The quantitative estimate of drug-likeness (QED) is 0.422. The zero-order chi connectivity index (χ0) is 21.2. The molecule has 29 heavy (non-hydrogen) atoms. The van der Waals surface area contributed by atoms with Gasteiger partial charge in [0.25, 0.3) is 0 Å². The van der Waals surface area contributed by atoms with Crippen LogP contribution in [0.2, 0.25) is 0 Å². The van der Waals surface area contributed by atoms with Crippen molar-refractivity contribution in [2.75, 3.05) is 26.7 Å². The van der Waals surface area contributed by atoms with E-state index in [9.17, 15) is 26.0 Å². The maximum Gasteiger partial charge on any atom is 0.511 e. The maximum absolute atomic E-state index is 13.9. The van der Waals surface area contributed by atoms with Crippen molar-refractivity contribution in [1.82, 2.24) is 14.9 Å². The number of guanidine groups is 1. The first-order chi connectivity index (χ1) is 13.6. The minimum absolute atomic E-state index is 0.0369. The highest BCUT2D eigenvalue weighted by atomic mass is 32.2. The van der Waals surface area contributed by atoms with Crippen molar-refractivity contribution in [1.29, 1.82) is 0 Å². The molecule has 1 saturated carbocycles. The van der Waals surface area contributed by atoms with E-state index in [0.29, 0.717) is 35.2 Å². The molecule has 0 radical (unpaired) electrons. The third kappa shape index (κ3) is 5.00. The van der Waals surface area contributed by atoms with Crippen LogP contribution in [0.1, 0.15) is 30.7 Å². The summed E-state index contributed by atoms with van der Waals surface area (Å²) in [5.41, 5.74) is -4.60. The van der Waals surface area contributed by atoms with Crippen molar-refractivity contribution in [2.45, 2.75) is 36.7 Å². The second-order valence-electron chi connectivity index (χ2n) is 7.36. The summed E-state index contributed by atoms with van der Waals surface area (Å²) in [6.45, 7) is 0.160. The maximum atomic E-state index is 13.9. The molecule has 2 aliphatic rings. The van der Waals surface area contributed by atoms with E-state index in [4.69, 9.17) is 0 Å². The van der Waals surface area contributed by atoms with Crippen LogP contribution in [0.5, 0.6) is 0 Å². The third-order valence-corrected chi connectivity index (χ3v) is 7.03. The molecule has 3 rings (SSSR count). The molecule has 6 nitrogen and oxygen atoms in total. The van der Waals surface area contributed by atoms with Crippen LogP contribution in [0.25, 0.3) is 0 Å². The Morgan fingerprint density at radius 3 is 2.48 bits per heavy atom. The fourth-order valence-corrected chi connectivity index (χ4v) is 4.57. The van der Waals surface area contributed by atoms with E-state index in [0.717, 1.165) is 6.42 Å². The van der Waals surface area contributed by atoms with Gasteiger partial charge in [0.05, 0.1) is 0 Å². The van der Waals surface area contributed by atoms with Crippen molar-refractivity contribution < 1.29 is 26.0 Å². The Balaban J connectivity index is 1.44. The molecule has 2 N–H and O–H groups in total. The van der Waals surface area contributed by atoms with Crippen LogP contribution in [0.15, 0.2) is 29.3 Å². The molecule has 0 aromatic heterocycles. The predicted molar refractivity (Wildman–Crippen MR) is 101 cm³/mol. The van der Waals surface area contributed by atoms with Gasteiger partial charge in [0.15, 0.2) is 5.96 Å². The topological polar surface area (TPSA) is 73.8 Å². The number of benzene rings is 1. The number of nitrogens with one attached hydrogen (secondary N) is 2. The summed E-state index contributed by atoms with van der Waals surface area (Å²) in [6.07, 6.45) is 1.45. The number of aliphatic imine (C=N–C) groups is 1. The molecule has 1 aliphatic heterocycles. The second kappa shape index (κ2) is 8.47. The third-order valence-electron chi connectivity index (χ3n) is 5.40. The van der Waals surface area contributed by atoms with Gasteiger partial charge < -0.3 is 10.6 Å². The van der Waals surface area contributed by atoms with E-state index in [2.05, 4.69) is 15.6 Å². The minimum atomic E-state index is -5.26. The molecule has 0 bridgehead atoms. The lowest BCUT2D eigenvalue weighted by Crippen LogP contribution is -2.47. The highest BCUT2D eigenvalue weighted by Gasteiger charge is 2.50. The fourth-order valence-electron chi connectivity index (χ4n) is 3.59. The summed E-state index contributed by atoms with van der Waals surface area (Å²) < 4.78 is 75.2. The molecule has 0 spiro atoms. The van der Waals surface area contributed by atoms with Gasteiger partial charge in [-0.1, -0.05) is 18.2 Å². The van der Waals surface area contributed by atoms with Gasteiger partial charge in [-0.2, -0.15) is 17.5 Å². The number of rotatable bonds is 5. The van der Waals surface area contributed by atoms with Crippen LogP contribution in [0.4, 0.5) is 17.6 Å². The smallest absolute Gasteiger partial charge is 0.356 e. The first-order valence-electron chi connectivity index (χ1n) is 9.41. The second-order valence-corrected chi connectivity index (χ2v) is 9.29. The van der Waals surface area contributed by atoms with Crippen LogP contribution >= 0.6 is 0 Å². The molecule has 1 heterocycles. The lowest BCUT2D eigenvalue weighted by Gasteiger charge is -2.31. The van der Waals surface area contributed by atoms with E-state index in [1.165, 1.54) is 6.07 Å². The molecule has 2 unspecified atom stereocenters. The number of alkyl halides is 3. The first-order valence-corrected chi connectivity index (χ1v) is 10.9. The number of nitrogens with zero attached hydrogens (tertiary/aromatic N) is 2. The summed E-state index contributed by atoms with van der Waals surface area (Å²) in [5, 5.41) is 6.36. The van der Waals surface area contributed by atoms with Gasteiger partial charge >= 0.3 is 15.5 Å². The number of halogens is 4. The Bertz CT molecular complexity index is 852. The summed E-state index contributed by atoms with van der Waals surface area (Å²) in [6, 6.07) is 6.71. The van der Waals surface area contributed by atoms with Gasteiger partial charge in [0, 0.05) is 38.6 Å². The SMILES string of the molecule is CN=C(NCC1CCN(S(=O)(=O)C(F)(F)F)CC1)NC1CC1c1ccccc1F. The number of piperidine rings is 1. The molecule has 2 fully saturated rings. The zero-order valence-electron chi connectivity index (χ0n) is 15.9. The Kier molecular flexibility index (Phi) is 6.37. The number of hydrogen-bond acceptors (Lipinski definition) is 3. The van der Waals surface area contributed by atoms with Crippen molar-refractivity contribution in [3.8, 4) is 0 Å². The van der Waals surface area contributed by atoms with E-state index in [-0.39, 0.29) is 36.8 Å². The summed E-state index contributed by atoms with van der Waals surface area (Å²) in [7, 11) is -3.65. The summed E-state index contributed by atoms with van der Waals surface area (Å²) >= 11 is 0. The van der Waals surface area contributed by atoms with Gasteiger partial charge in [-0.25, -0.2) is 12.8 Å². The Hall–Kier alpha value is -1.88. The first kappa shape index (κ1) is 21.8. The van der Waals surface area contributed by atoms with Crippen LogP contribution < -0.4 is 10.6 Å². The fraction of sp³-hybridized carbons (Fsp3) is 0.611. The number of hydrogen-bond donors (Lipinski definition) is 2. The monoisotopic (exact) mass is 436 g/mol. The normalized spacial score (nSPS) is 24.4. The molecule has 1 aromatic rings. The molecule has 1 aromatic carbocycles. The largest absolute Gasteiger partial charge is 0.511 e. The van der Waals surface area contributed by atoms with Gasteiger partial charge in [-0.15, -0.1) is 0 Å². The van der Waals surface area contributed by atoms with Crippen LogP contribution in [-0.2, 0) is 10.0 Å². The Morgan fingerprint density at radius 1 is 1.24 bits per heavy atom. The lowest BCUT2D eigenvalue weighted by atomic mass is 9.98. The van der Waals surface area contributed by atoms with Gasteiger partial charge in [0.2, 0.25) is 0 Å². The highest BCUT2D eigenvalue weighted by Crippen LogP contribution is 2.41. The van der Waals surface area contributed by atoms with Gasteiger partial charge in [-0.3, -0.25) is 4.99 Å². The highest BCUT2D eigenvalue weighted by molar-refractivity contribution is 7.90. The molecule has 162 valence electrons. The van der Waals surface area contributed by atoms with E-state index in [1.807, 2.05) is 0 Å². The Labute approximate surface area is 167 Å². The molecule has 11 heteroatoms. The van der Waals surface area contributed by atoms with Crippen molar-refractivity contribution >= 4 is 16.0 Å². The predicted octanol–water partition coefficient (Wildman–Crippen LogP) is 2.41. The van der Waals surface area contributed by atoms with Gasteiger partial charge in [0.1, 0.15) is 5.82 Å². The summed E-state index contributed by atoms with van der Waals surface area (Å²) in [4.78, 5) is 4.14. The average Bonchev–Trinajstić information content (AvgIpc) is 3.43. The van der Waals surface area contributed by atoms with Crippen molar-refractivity contribution in [2.24, 2.45) is 10.9 Å². The van der Waals surface area contributed by atoms with E-state index in [1.54, 1.807) is 25.2 Å². The molecular formula is C18H24F4N4O2S. The molecule has 1 saturated heterocycles. The van der Waals surface area contributed by atoms with Crippen LogP contribution in [0, 0.1) is 11.7 Å². The average molecular weight is 436 g/mol. The molecular weight excluding hydrogens is 412 g/mol. The van der Waals surface area contributed by atoms with Crippen LogP contribution in [-0.4, -0.2) is 56.9 Å². The molecule has 2 atom stereocenters. The zero-order valence-corrected chi connectivity index (χ0v) is 16.7. The number of sulfonamides is 1. The van der Waals surface area contributed by atoms with Crippen molar-refractivity contribution in [3.63, 3.8) is 0 Å². The molecule has 0 amide bonds. The van der Waals surface area contributed by atoms with Gasteiger partial charge in [-0.05, 0) is 36.8 Å². The standard InChI is InChI=1S/C18H24F4N4O2S/c1-23-17(25-16-10-14(16)13-4-2-3-5-15(13)19)24-11-12-6-8-26(9-7-12)29(27,28)18(20,21)22/h2-5,12,14,16H,6-11H2,1H3,(H2,23,24,25). The Morgan fingerprint density at radius 2 is 1.90 bits per heavy atom. The van der Waals surface area contributed by atoms with Crippen LogP contribution in [0.3, 0.4) is 0 Å².